The second-order valence-electron chi connectivity index (χ2n) is 9.16. The van der Waals surface area contributed by atoms with E-state index in [2.05, 4.69) is 15.3 Å². The number of imidazole rings is 1. The third kappa shape index (κ3) is 5.94. The first-order valence-electron chi connectivity index (χ1n) is 11.8. The van der Waals surface area contributed by atoms with E-state index in [1.54, 1.807) is 0 Å². The second kappa shape index (κ2) is 10.8. The Labute approximate surface area is 228 Å². The molecule has 1 saturated heterocycles. The zero-order valence-corrected chi connectivity index (χ0v) is 21.7. The number of benzene rings is 1. The Bertz CT molecular complexity index is 1410. The Morgan fingerprint density at radius 1 is 1.30 bits per heavy atom. The first-order chi connectivity index (χ1) is 18.6. The summed E-state index contributed by atoms with van der Waals surface area (Å²) in [5, 5.41) is 12.0. The number of amidine groups is 1. The lowest BCUT2D eigenvalue weighted by Crippen LogP contribution is -2.44. The number of alkyl halides is 5. The monoisotopic (exact) mass is 593 g/mol. The summed E-state index contributed by atoms with van der Waals surface area (Å²) in [6.45, 7) is -0.174. The van der Waals surface area contributed by atoms with Crippen molar-refractivity contribution in [2.75, 3.05) is 19.7 Å². The molecule has 0 bridgehead atoms. The minimum atomic E-state index is -4.81. The Balaban J connectivity index is 1.90. The van der Waals surface area contributed by atoms with Crippen molar-refractivity contribution in [3.63, 3.8) is 0 Å². The molecule has 0 radical (unpaired) electrons. The number of aliphatic carboxylic acids is 1. The summed E-state index contributed by atoms with van der Waals surface area (Å²) in [6, 6.07) is 0.115. The maximum Gasteiger partial charge on any atom is 0.434 e. The molecule has 1 fully saturated rings. The number of halogens is 7. The molecule has 2 aliphatic rings. The van der Waals surface area contributed by atoms with Gasteiger partial charge in [-0.15, -0.1) is 0 Å². The first kappa shape index (κ1) is 29.4. The summed E-state index contributed by atoms with van der Waals surface area (Å²) < 4.78 is 88.6. The second-order valence-corrected chi connectivity index (χ2v) is 9.57. The van der Waals surface area contributed by atoms with Crippen molar-refractivity contribution in [2.45, 2.75) is 37.5 Å². The van der Waals surface area contributed by atoms with E-state index < -0.39 is 67.1 Å². The van der Waals surface area contributed by atoms with Gasteiger partial charge in [0.25, 0.3) is 5.92 Å². The quantitative estimate of drug-likeness (QED) is 0.370. The Hall–Kier alpha value is -3.59. The van der Waals surface area contributed by atoms with Crippen molar-refractivity contribution in [1.82, 2.24) is 19.8 Å². The maximum absolute atomic E-state index is 14.2. The van der Waals surface area contributed by atoms with Crippen molar-refractivity contribution in [2.24, 2.45) is 12.0 Å². The van der Waals surface area contributed by atoms with Crippen LogP contribution in [-0.2, 0) is 27.5 Å². The van der Waals surface area contributed by atoms with Gasteiger partial charge in [-0.1, -0.05) is 17.7 Å². The summed E-state index contributed by atoms with van der Waals surface area (Å²) in [5.41, 5.74) is -1.65. The molecule has 0 spiro atoms. The van der Waals surface area contributed by atoms with E-state index in [9.17, 15) is 41.0 Å². The lowest BCUT2D eigenvalue weighted by Gasteiger charge is -2.30. The molecule has 2 N–H and O–H groups in total. The van der Waals surface area contributed by atoms with Crippen LogP contribution in [0.3, 0.4) is 0 Å². The molecule has 2 aliphatic heterocycles. The van der Waals surface area contributed by atoms with Crippen LogP contribution in [0.5, 0.6) is 0 Å². The third-order valence-electron chi connectivity index (χ3n) is 6.27. The highest BCUT2D eigenvalue weighted by molar-refractivity contribution is 6.31. The predicted octanol–water partition coefficient (Wildman–Crippen LogP) is 3.93. The summed E-state index contributed by atoms with van der Waals surface area (Å²) in [7, 11) is 1.26. The zero-order valence-electron chi connectivity index (χ0n) is 20.9. The van der Waals surface area contributed by atoms with E-state index in [-0.39, 0.29) is 40.1 Å². The molecule has 40 heavy (non-hydrogen) atoms. The number of carboxylic acid groups (broad SMARTS) is 1. The minimum absolute atomic E-state index is 0.0504. The van der Waals surface area contributed by atoms with E-state index in [0.29, 0.717) is 6.20 Å². The van der Waals surface area contributed by atoms with E-state index in [1.165, 1.54) is 20.0 Å². The van der Waals surface area contributed by atoms with Crippen molar-refractivity contribution in [1.29, 1.82) is 0 Å². The summed E-state index contributed by atoms with van der Waals surface area (Å²) >= 11 is 6.26. The fourth-order valence-electron chi connectivity index (χ4n) is 4.55. The molecule has 2 atom stereocenters. The van der Waals surface area contributed by atoms with Crippen LogP contribution >= 0.6 is 11.6 Å². The lowest BCUT2D eigenvalue weighted by atomic mass is 9.95. The summed E-state index contributed by atoms with van der Waals surface area (Å²) in [5.74, 6) is -7.23. The molecule has 3 heterocycles. The number of nitrogens with one attached hydrogen (secondary N) is 1. The smallest absolute Gasteiger partial charge is 0.434 e. The topological polar surface area (TPSA) is 109 Å². The van der Waals surface area contributed by atoms with Gasteiger partial charge in [0, 0.05) is 42.5 Å². The number of likely N-dealkylation sites (tertiary alicyclic amines) is 1. The van der Waals surface area contributed by atoms with Gasteiger partial charge in [-0.25, -0.2) is 22.9 Å². The number of hydrogen-bond acceptors (Lipinski definition) is 7. The minimum Gasteiger partial charge on any atom is -0.480 e. The summed E-state index contributed by atoms with van der Waals surface area (Å²) in [6.07, 6.45) is -5.10. The predicted molar refractivity (Wildman–Crippen MR) is 128 cm³/mol. The van der Waals surface area contributed by atoms with Crippen molar-refractivity contribution in [3.8, 4) is 0 Å². The molecular weight excluding hydrogens is 572 g/mol. The SMILES string of the molecule is CCOC(=O)C1=C(CN2CC(F)(F)C[C@H]2C(=O)O)NC(c2nc(C(F)(F)F)cn2C)=N[C@H]1c1ccc(F)cc1Cl. The normalized spacial score (nSPS) is 21.3. The number of esters is 1. The average Bonchev–Trinajstić information content (AvgIpc) is 3.37. The van der Waals surface area contributed by atoms with Gasteiger partial charge >= 0.3 is 18.1 Å². The van der Waals surface area contributed by atoms with Crippen molar-refractivity contribution >= 4 is 29.4 Å². The van der Waals surface area contributed by atoms with E-state index in [1.807, 2.05) is 0 Å². The highest BCUT2D eigenvalue weighted by atomic mass is 35.5. The lowest BCUT2D eigenvalue weighted by molar-refractivity contribution is -0.142. The Morgan fingerprint density at radius 3 is 2.58 bits per heavy atom. The number of rotatable bonds is 7. The first-order valence-corrected chi connectivity index (χ1v) is 12.1. The number of ether oxygens (including phenoxy) is 1. The number of aromatic nitrogens is 2. The number of aryl methyl sites for hydroxylation is 1. The van der Waals surface area contributed by atoms with Crippen LogP contribution < -0.4 is 5.32 Å². The van der Waals surface area contributed by atoms with Crippen molar-refractivity contribution in [3.05, 3.63) is 63.6 Å². The standard InChI is InChI=1S/C24H22ClF6N5O4/c1-3-40-22(39)17-14(8-36-10-23(27,28)7-15(36)21(37)38)32-19(20-33-16(9-35(20)2)24(29,30)31)34-18(17)12-5-4-11(26)6-13(12)25/h4-6,9,15,18H,3,7-8,10H2,1-2H3,(H,32,34)(H,37,38)/t15-,18-/m0/s1. The highest BCUT2D eigenvalue weighted by Crippen LogP contribution is 2.39. The molecule has 1 aromatic heterocycles. The van der Waals surface area contributed by atoms with Gasteiger partial charge in [0.15, 0.2) is 17.4 Å². The van der Waals surface area contributed by atoms with Gasteiger partial charge in [0.05, 0.1) is 18.7 Å². The Morgan fingerprint density at radius 2 is 2.00 bits per heavy atom. The molecule has 0 saturated carbocycles. The molecule has 2 aromatic rings. The molecule has 0 unspecified atom stereocenters. The largest absolute Gasteiger partial charge is 0.480 e. The van der Waals surface area contributed by atoms with E-state index in [4.69, 9.17) is 16.3 Å². The fraction of sp³-hybridized carbons (Fsp3) is 0.417. The van der Waals surface area contributed by atoms with Crippen LogP contribution in [0.25, 0.3) is 0 Å². The zero-order chi connectivity index (χ0) is 29.6. The van der Waals surface area contributed by atoms with Gasteiger partial charge in [0.1, 0.15) is 17.9 Å². The van der Waals surface area contributed by atoms with Crippen LogP contribution in [0.1, 0.15) is 36.5 Å². The maximum atomic E-state index is 14.2. The number of aliphatic imine (C=N–C) groups is 1. The van der Waals surface area contributed by atoms with Crippen molar-refractivity contribution < 1.29 is 45.8 Å². The number of carbonyl (C=O) groups excluding carboxylic acids is 1. The van der Waals surface area contributed by atoms with Crippen LogP contribution in [0.2, 0.25) is 5.02 Å². The average molecular weight is 594 g/mol. The molecule has 9 nitrogen and oxygen atoms in total. The van der Waals surface area contributed by atoms with Crippen LogP contribution in [0, 0.1) is 5.82 Å². The van der Waals surface area contributed by atoms with E-state index in [0.717, 1.165) is 21.6 Å². The molecule has 4 rings (SSSR count). The number of hydrogen-bond donors (Lipinski definition) is 2. The molecule has 0 amide bonds. The van der Waals surface area contributed by atoms with Gasteiger partial charge in [0.2, 0.25) is 0 Å². The van der Waals surface area contributed by atoms with Crippen LogP contribution in [0.4, 0.5) is 26.3 Å². The molecule has 1 aromatic carbocycles. The fourth-order valence-corrected chi connectivity index (χ4v) is 4.82. The molecular formula is C24H22ClF6N5O4. The number of carboxylic acids is 1. The molecule has 0 aliphatic carbocycles. The van der Waals surface area contributed by atoms with Gasteiger partial charge in [-0.2, -0.15) is 13.2 Å². The van der Waals surface area contributed by atoms with E-state index >= 15 is 0 Å². The number of nitrogens with zero attached hydrogens (tertiary/aromatic N) is 4. The van der Waals surface area contributed by atoms with Gasteiger partial charge < -0.3 is 19.7 Å². The highest BCUT2D eigenvalue weighted by Gasteiger charge is 2.49. The third-order valence-corrected chi connectivity index (χ3v) is 6.60. The molecule has 216 valence electrons. The van der Waals surface area contributed by atoms with Crippen LogP contribution in [-0.4, -0.2) is 69.0 Å². The van der Waals surface area contributed by atoms with Gasteiger partial charge in [-0.05, 0) is 19.1 Å². The Kier molecular flexibility index (Phi) is 7.91. The summed E-state index contributed by atoms with van der Waals surface area (Å²) in [4.78, 5) is 33.8. The van der Waals surface area contributed by atoms with Gasteiger partial charge in [-0.3, -0.25) is 14.7 Å². The van der Waals surface area contributed by atoms with Crippen LogP contribution in [0.15, 0.2) is 40.7 Å². The number of carbonyl (C=O) groups is 2. The molecule has 16 heteroatoms.